The summed E-state index contributed by atoms with van der Waals surface area (Å²) in [5, 5.41) is 3.14. The third-order valence-corrected chi connectivity index (χ3v) is 4.93. The number of fused-ring (bicyclic) bond motifs is 2. The first-order valence-corrected chi connectivity index (χ1v) is 7.61. The van der Waals surface area contributed by atoms with E-state index in [9.17, 15) is 4.79 Å². The van der Waals surface area contributed by atoms with E-state index in [4.69, 9.17) is 4.74 Å². The number of rotatable bonds is 4. The predicted molar refractivity (Wildman–Crippen MR) is 78.8 cm³/mol. The van der Waals surface area contributed by atoms with Crippen molar-refractivity contribution >= 4 is 5.91 Å². The number of carbonyl (C=O) groups excluding carboxylic acids is 1. The van der Waals surface area contributed by atoms with Crippen LogP contribution in [0.25, 0.3) is 0 Å². The van der Waals surface area contributed by atoms with Gasteiger partial charge in [-0.1, -0.05) is 12.5 Å². The van der Waals surface area contributed by atoms with Crippen LogP contribution in [0.15, 0.2) is 18.2 Å². The zero-order valence-corrected chi connectivity index (χ0v) is 12.3. The molecule has 3 nitrogen and oxygen atoms in total. The molecule has 0 unspecified atom stereocenters. The van der Waals surface area contributed by atoms with Gasteiger partial charge in [0.15, 0.2) is 6.61 Å². The molecule has 108 valence electrons. The molecule has 2 bridgehead atoms. The lowest BCUT2D eigenvalue weighted by Crippen LogP contribution is -2.40. The number of aryl methyl sites for hydroxylation is 2. The van der Waals surface area contributed by atoms with Crippen LogP contribution in [0.1, 0.15) is 36.8 Å². The Bertz CT molecular complexity index is 512. The summed E-state index contributed by atoms with van der Waals surface area (Å²) in [7, 11) is 0. The molecule has 3 rings (SSSR count). The molecule has 1 amide bonds. The fourth-order valence-corrected chi connectivity index (χ4v) is 3.62. The molecule has 1 N–H and O–H groups in total. The monoisotopic (exact) mass is 273 g/mol. The fraction of sp³-hybridized carbons (Fsp3) is 0.588. The van der Waals surface area contributed by atoms with Gasteiger partial charge in [0.1, 0.15) is 5.75 Å². The average Bonchev–Trinajstić information content (AvgIpc) is 3.02. The molecular formula is C17H23NO2. The van der Waals surface area contributed by atoms with Gasteiger partial charge < -0.3 is 10.1 Å². The second-order valence-electron chi connectivity index (χ2n) is 6.38. The lowest BCUT2D eigenvalue weighted by molar-refractivity contribution is -0.124. The first-order chi connectivity index (χ1) is 9.61. The Morgan fingerprint density at radius 1 is 1.25 bits per heavy atom. The first-order valence-electron chi connectivity index (χ1n) is 7.61. The first kappa shape index (κ1) is 13.5. The van der Waals surface area contributed by atoms with Crippen molar-refractivity contribution in [2.24, 2.45) is 11.8 Å². The Kier molecular flexibility index (Phi) is 3.68. The average molecular weight is 273 g/mol. The van der Waals surface area contributed by atoms with Gasteiger partial charge >= 0.3 is 0 Å². The largest absolute Gasteiger partial charge is 0.484 e. The zero-order valence-electron chi connectivity index (χ0n) is 12.3. The van der Waals surface area contributed by atoms with Crippen LogP contribution in [-0.4, -0.2) is 18.6 Å². The molecule has 1 aromatic carbocycles. The summed E-state index contributed by atoms with van der Waals surface area (Å²) in [6.45, 7) is 4.24. The van der Waals surface area contributed by atoms with E-state index in [1.54, 1.807) is 0 Å². The maximum absolute atomic E-state index is 12.0. The third-order valence-electron chi connectivity index (χ3n) is 4.93. The fourth-order valence-electron chi connectivity index (χ4n) is 3.62. The van der Waals surface area contributed by atoms with E-state index in [0.29, 0.717) is 12.0 Å². The maximum Gasteiger partial charge on any atom is 0.258 e. The van der Waals surface area contributed by atoms with Crippen molar-refractivity contribution < 1.29 is 9.53 Å². The summed E-state index contributed by atoms with van der Waals surface area (Å²) in [6.07, 6.45) is 5.12. The number of ether oxygens (including phenoxy) is 1. The van der Waals surface area contributed by atoms with Crippen LogP contribution in [0, 0.1) is 25.7 Å². The minimum atomic E-state index is 0.0146. The van der Waals surface area contributed by atoms with Crippen LogP contribution in [-0.2, 0) is 4.79 Å². The van der Waals surface area contributed by atoms with Gasteiger partial charge in [-0.3, -0.25) is 4.79 Å². The molecular weight excluding hydrogens is 250 g/mol. The number of carbonyl (C=O) groups is 1. The van der Waals surface area contributed by atoms with Crippen molar-refractivity contribution in [2.75, 3.05) is 6.61 Å². The molecule has 2 fully saturated rings. The Balaban J connectivity index is 1.48. The van der Waals surface area contributed by atoms with Crippen LogP contribution in [0.4, 0.5) is 0 Å². The molecule has 1 aromatic rings. The van der Waals surface area contributed by atoms with Gasteiger partial charge in [0.2, 0.25) is 0 Å². The second kappa shape index (κ2) is 5.47. The molecule has 0 aliphatic heterocycles. The molecule has 2 aliphatic carbocycles. The minimum absolute atomic E-state index is 0.0146. The van der Waals surface area contributed by atoms with Crippen LogP contribution in [0.5, 0.6) is 5.75 Å². The van der Waals surface area contributed by atoms with Crippen LogP contribution in [0.2, 0.25) is 0 Å². The lowest BCUT2D eigenvalue weighted by atomic mass is 9.95. The normalized spacial score (nSPS) is 27.6. The van der Waals surface area contributed by atoms with Gasteiger partial charge in [-0.2, -0.15) is 0 Å². The van der Waals surface area contributed by atoms with Gasteiger partial charge in [0.05, 0.1) is 0 Å². The van der Waals surface area contributed by atoms with Crippen LogP contribution in [0.3, 0.4) is 0 Å². The molecule has 0 saturated heterocycles. The van der Waals surface area contributed by atoms with E-state index in [1.807, 2.05) is 18.2 Å². The molecule has 0 spiro atoms. The summed E-state index contributed by atoms with van der Waals surface area (Å²) in [5.41, 5.74) is 2.43. The molecule has 2 aliphatic rings. The predicted octanol–water partition coefficient (Wildman–Crippen LogP) is 2.99. The van der Waals surface area contributed by atoms with Gasteiger partial charge in [-0.05, 0) is 68.2 Å². The smallest absolute Gasteiger partial charge is 0.258 e. The zero-order chi connectivity index (χ0) is 14.1. The highest BCUT2D eigenvalue weighted by Crippen LogP contribution is 2.44. The van der Waals surface area contributed by atoms with Crippen molar-refractivity contribution in [3.63, 3.8) is 0 Å². The van der Waals surface area contributed by atoms with E-state index in [-0.39, 0.29) is 12.5 Å². The number of amides is 1. The van der Waals surface area contributed by atoms with Gasteiger partial charge in [0, 0.05) is 6.04 Å². The van der Waals surface area contributed by atoms with Crippen molar-refractivity contribution in [1.82, 2.24) is 5.32 Å². The van der Waals surface area contributed by atoms with Crippen molar-refractivity contribution in [1.29, 1.82) is 0 Å². The Morgan fingerprint density at radius 3 is 2.75 bits per heavy atom. The Labute approximate surface area is 120 Å². The topological polar surface area (TPSA) is 38.3 Å². The van der Waals surface area contributed by atoms with E-state index in [2.05, 4.69) is 19.2 Å². The van der Waals surface area contributed by atoms with E-state index in [0.717, 1.165) is 11.7 Å². The summed E-state index contributed by atoms with van der Waals surface area (Å²) in [6, 6.07) is 6.33. The van der Waals surface area contributed by atoms with Crippen molar-refractivity contribution in [3.05, 3.63) is 29.3 Å². The Morgan fingerprint density at radius 2 is 2.10 bits per heavy atom. The van der Waals surface area contributed by atoms with Gasteiger partial charge in [-0.25, -0.2) is 0 Å². The van der Waals surface area contributed by atoms with Crippen LogP contribution < -0.4 is 10.1 Å². The molecule has 0 aromatic heterocycles. The summed E-state index contributed by atoms with van der Waals surface area (Å²) >= 11 is 0. The highest BCUT2D eigenvalue weighted by Gasteiger charge is 2.40. The van der Waals surface area contributed by atoms with E-state index in [1.165, 1.54) is 36.8 Å². The molecule has 0 heterocycles. The van der Waals surface area contributed by atoms with Gasteiger partial charge in [-0.15, -0.1) is 0 Å². The standard InChI is InChI=1S/C17H23NO2/c1-11-3-6-15(7-12(11)2)20-10-17(19)18-16-9-13-4-5-14(16)8-13/h3,6-7,13-14,16H,4-5,8-10H2,1-2H3,(H,18,19)/t13-,14-,16-/m1/s1. The molecule has 0 radical (unpaired) electrons. The summed E-state index contributed by atoms with van der Waals surface area (Å²) in [5.74, 6) is 2.36. The second-order valence-corrected chi connectivity index (χ2v) is 6.38. The lowest BCUT2D eigenvalue weighted by Gasteiger charge is -2.22. The molecule has 20 heavy (non-hydrogen) atoms. The molecule has 3 atom stereocenters. The molecule has 3 heteroatoms. The quantitative estimate of drug-likeness (QED) is 0.916. The SMILES string of the molecule is Cc1ccc(OCC(=O)N[C@@H]2C[C@@H]3CC[C@@H]2C3)cc1C. The van der Waals surface area contributed by atoms with Crippen molar-refractivity contribution in [2.45, 2.75) is 45.6 Å². The third kappa shape index (κ3) is 2.82. The Hall–Kier alpha value is -1.51. The highest BCUT2D eigenvalue weighted by molar-refractivity contribution is 5.78. The van der Waals surface area contributed by atoms with Gasteiger partial charge in [0.25, 0.3) is 5.91 Å². The van der Waals surface area contributed by atoms with Crippen LogP contribution >= 0.6 is 0 Å². The highest BCUT2D eigenvalue weighted by atomic mass is 16.5. The number of hydrogen-bond acceptors (Lipinski definition) is 2. The number of hydrogen-bond donors (Lipinski definition) is 1. The molecule has 2 saturated carbocycles. The maximum atomic E-state index is 12.0. The minimum Gasteiger partial charge on any atom is -0.484 e. The summed E-state index contributed by atoms with van der Waals surface area (Å²) in [4.78, 5) is 12.0. The van der Waals surface area contributed by atoms with E-state index < -0.39 is 0 Å². The number of nitrogens with one attached hydrogen (secondary N) is 1. The van der Waals surface area contributed by atoms with Crippen molar-refractivity contribution in [3.8, 4) is 5.75 Å². The van der Waals surface area contributed by atoms with E-state index >= 15 is 0 Å². The number of benzene rings is 1. The summed E-state index contributed by atoms with van der Waals surface area (Å²) < 4.78 is 5.58.